The summed E-state index contributed by atoms with van der Waals surface area (Å²) in [6.45, 7) is 0. The first-order chi connectivity index (χ1) is 8.20. The van der Waals surface area contributed by atoms with Gasteiger partial charge >= 0.3 is 0 Å². The molecule has 0 bridgehead atoms. The van der Waals surface area contributed by atoms with Crippen LogP contribution in [0.4, 0.5) is 5.82 Å². The van der Waals surface area contributed by atoms with Crippen molar-refractivity contribution in [2.75, 3.05) is 5.32 Å². The summed E-state index contributed by atoms with van der Waals surface area (Å²) < 4.78 is 4.54. The first kappa shape index (κ1) is 12.1. The maximum absolute atomic E-state index is 9.39. The van der Waals surface area contributed by atoms with E-state index >= 15 is 0 Å². The highest BCUT2D eigenvalue weighted by atomic mass is 35.5. The lowest BCUT2D eigenvalue weighted by Crippen LogP contribution is -2.28. The molecule has 1 aliphatic rings. The number of aromatic nitrogens is 2. The Morgan fingerprint density at radius 2 is 2.06 bits per heavy atom. The third kappa shape index (κ3) is 2.86. The summed E-state index contributed by atoms with van der Waals surface area (Å²) in [6.07, 6.45) is 2.95. The van der Waals surface area contributed by atoms with E-state index in [-0.39, 0.29) is 23.0 Å². The Hall–Kier alpha value is -1.34. The van der Waals surface area contributed by atoms with Crippen molar-refractivity contribution in [1.82, 2.24) is 10.3 Å². The van der Waals surface area contributed by atoms with Gasteiger partial charge in [0.15, 0.2) is 5.69 Å². The van der Waals surface area contributed by atoms with Crippen LogP contribution in [-0.2, 0) is 0 Å². The van der Waals surface area contributed by atoms with Gasteiger partial charge in [0.25, 0.3) is 0 Å². The molecule has 7 nitrogen and oxygen atoms in total. The van der Waals surface area contributed by atoms with Gasteiger partial charge in [-0.05, 0) is 36.0 Å². The molecule has 2 rings (SSSR count). The molecule has 1 fully saturated rings. The Labute approximate surface area is 102 Å². The Morgan fingerprint density at radius 1 is 1.35 bits per heavy atom. The van der Waals surface area contributed by atoms with Gasteiger partial charge in [-0.15, -0.1) is 0 Å². The smallest absolute Gasteiger partial charge is 0.201 e. The fraction of sp³-hybridized carbons (Fsp3) is 0.667. The zero-order valence-electron chi connectivity index (χ0n) is 9.01. The fourth-order valence-corrected chi connectivity index (χ4v) is 2.00. The highest BCUT2D eigenvalue weighted by Crippen LogP contribution is 2.23. The number of rotatable bonds is 3. The molecule has 94 valence electrons. The van der Waals surface area contributed by atoms with Crippen molar-refractivity contribution in [3.8, 4) is 0 Å². The Kier molecular flexibility index (Phi) is 3.80. The summed E-state index contributed by atoms with van der Waals surface area (Å²) >= 11 is 5.64. The Balaban J connectivity index is 2.01. The van der Waals surface area contributed by atoms with Crippen molar-refractivity contribution < 1.29 is 14.9 Å². The summed E-state index contributed by atoms with van der Waals surface area (Å²) in [5.74, 6) is 0.356. The van der Waals surface area contributed by atoms with Crippen molar-refractivity contribution in [3.63, 3.8) is 0 Å². The van der Waals surface area contributed by atoms with Gasteiger partial charge in [-0.2, -0.15) is 0 Å². The normalized spacial score (nSPS) is 25.9. The second-order valence-corrected chi connectivity index (χ2v) is 4.36. The lowest BCUT2D eigenvalue weighted by molar-refractivity contribution is 0.126. The number of nitrogens with one attached hydrogen (secondary N) is 1. The molecule has 0 amide bonds. The molecule has 8 heteroatoms. The minimum Gasteiger partial charge on any atom is -0.410 e. The molecule has 0 saturated heterocycles. The third-order valence-electron chi connectivity index (χ3n) is 2.81. The number of halogens is 1. The van der Waals surface area contributed by atoms with Crippen molar-refractivity contribution in [1.29, 1.82) is 0 Å². The number of nitrogens with zero attached hydrogens (tertiary/aromatic N) is 3. The van der Waals surface area contributed by atoms with Gasteiger partial charge in [-0.3, -0.25) is 0 Å². The predicted octanol–water partition coefficient (Wildman–Crippen LogP) is 1.16. The molecule has 0 spiro atoms. The minimum atomic E-state index is -0.217. The number of hydrogen-bond donors (Lipinski definition) is 3. The average molecular weight is 261 g/mol. The Bertz CT molecular complexity index is 401. The summed E-state index contributed by atoms with van der Waals surface area (Å²) in [5, 5.41) is 30.9. The number of oxime groups is 1. The average Bonchev–Trinajstić information content (AvgIpc) is 2.79. The Morgan fingerprint density at radius 3 is 2.71 bits per heavy atom. The van der Waals surface area contributed by atoms with E-state index in [1.54, 1.807) is 0 Å². The van der Waals surface area contributed by atoms with E-state index in [0.29, 0.717) is 5.82 Å². The molecule has 0 unspecified atom stereocenters. The molecule has 3 N–H and O–H groups in total. The molecule has 17 heavy (non-hydrogen) atoms. The van der Waals surface area contributed by atoms with Crippen molar-refractivity contribution >= 4 is 22.6 Å². The molecular weight excluding hydrogens is 248 g/mol. The second-order valence-electron chi connectivity index (χ2n) is 4.00. The summed E-state index contributed by atoms with van der Waals surface area (Å²) in [6, 6.07) is 0.187. The monoisotopic (exact) mass is 260 g/mol. The maximum atomic E-state index is 9.39. The van der Waals surface area contributed by atoms with Crippen molar-refractivity contribution in [2.24, 2.45) is 5.16 Å². The van der Waals surface area contributed by atoms with E-state index in [4.69, 9.17) is 16.8 Å². The molecule has 0 radical (unpaired) electrons. The summed E-state index contributed by atoms with van der Waals surface area (Å²) in [4.78, 5) is 0. The molecule has 1 aromatic heterocycles. The standard InChI is InChI=1S/C9H13ClN4O3/c10-8(12-16)7-9(14-17-13-7)11-5-1-3-6(15)4-2-5/h5-6,15-16H,1-4H2,(H,11,14)/b12-8-. The summed E-state index contributed by atoms with van der Waals surface area (Å²) in [7, 11) is 0. The van der Waals surface area contributed by atoms with Crippen LogP contribution in [0.5, 0.6) is 0 Å². The van der Waals surface area contributed by atoms with Crippen LogP contribution in [0.2, 0.25) is 0 Å². The van der Waals surface area contributed by atoms with Crippen LogP contribution < -0.4 is 5.32 Å². The van der Waals surface area contributed by atoms with Crippen LogP contribution in [0.3, 0.4) is 0 Å². The minimum absolute atomic E-state index is 0.176. The van der Waals surface area contributed by atoms with Gasteiger partial charge in [-0.25, -0.2) is 4.63 Å². The van der Waals surface area contributed by atoms with Crippen LogP contribution >= 0.6 is 11.6 Å². The number of anilines is 1. The van der Waals surface area contributed by atoms with Gasteiger partial charge in [0.05, 0.1) is 6.10 Å². The van der Waals surface area contributed by atoms with E-state index < -0.39 is 0 Å². The zero-order valence-corrected chi connectivity index (χ0v) is 9.76. The molecule has 0 atom stereocenters. The zero-order chi connectivity index (χ0) is 12.3. The van der Waals surface area contributed by atoms with Crippen LogP contribution in [-0.4, -0.2) is 37.9 Å². The molecule has 1 heterocycles. The highest BCUT2D eigenvalue weighted by molar-refractivity contribution is 6.69. The van der Waals surface area contributed by atoms with Gasteiger partial charge in [0.2, 0.25) is 11.0 Å². The van der Waals surface area contributed by atoms with Gasteiger partial charge in [0.1, 0.15) is 0 Å². The maximum Gasteiger partial charge on any atom is 0.201 e. The van der Waals surface area contributed by atoms with E-state index in [1.807, 2.05) is 0 Å². The van der Waals surface area contributed by atoms with E-state index in [1.165, 1.54) is 0 Å². The van der Waals surface area contributed by atoms with Crippen LogP contribution in [0, 0.1) is 0 Å². The first-order valence-electron chi connectivity index (χ1n) is 5.35. The van der Waals surface area contributed by atoms with Crippen LogP contribution in [0.25, 0.3) is 0 Å². The molecule has 1 aliphatic carbocycles. The SMILES string of the molecule is O/N=C(\Cl)c1nonc1NC1CCC(O)CC1. The third-order valence-corrected chi connectivity index (χ3v) is 3.06. The van der Waals surface area contributed by atoms with Gasteiger partial charge in [0, 0.05) is 6.04 Å². The van der Waals surface area contributed by atoms with Crippen LogP contribution in [0.1, 0.15) is 31.4 Å². The molecule has 0 aromatic carbocycles. The molecule has 1 saturated carbocycles. The second kappa shape index (κ2) is 5.33. The number of hydrogen-bond acceptors (Lipinski definition) is 7. The summed E-state index contributed by atoms with van der Waals surface area (Å²) in [5.41, 5.74) is 0.181. The van der Waals surface area contributed by atoms with E-state index in [2.05, 4.69) is 25.4 Å². The molecular formula is C9H13ClN4O3. The highest BCUT2D eigenvalue weighted by Gasteiger charge is 2.23. The topological polar surface area (TPSA) is 104 Å². The molecule has 1 aromatic rings. The quantitative estimate of drug-likeness (QED) is 0.428. The van der Waals surface area contributed by atoms with Crippen LogP contribution in [0.15, 0.2) is 9.78 Å². The van der Waals surface area contributed by atoms with Gasteiger partial charge in [-0.1, -0.05) is 16.8 Å². The number of aliphatic hydroxyl groups is 1. The first-order valence-corrected chi connectivity index (χ1v) is 5.73. The van der Waals surface area contributed by atoms with E-state index in [0.717, 1.165) is 25.7 Å². The van der Waals surface area contributed by atoms with Crippen molar-refractivity contribution in [2.45, 2.75) is 37.8 Å². The molecule has 0 aliphatic heterocycles. The largest absolute Gasteiger partial charge is 0.410 e. The van der Waals surface area contributed by atoms with Gasteiger partial charge < -0.3 is 15.6 Å². The van der Waals surface area contributed by atoms with E-state index in [9.17, 15) is 5.11 Å². The lowest BCUT2D eigenvalue weighted by atomic mass is 9.93. The number of aliphatic hydroxyl groups excluding tert-OH is 1. The fourth-order valence-electron chi connectivity index (χ4n) is 1.88. The predicted molar refractivity (Wildman–Crippen MR) is 60.4 cm³/mol. The van der Waals surface area contributed by atoms with Crippen molar-refractivity contribution in [3.05, 3.63) is 5.69 Å². The lowest BCUT2D eigenvalue weighted by Gasteiger charge is -2.25.